The summed E-state index contributed by atoms with van der Waals surface area (Å²) in [6, 6.07) is 0. The SMILES string of the molecule is CC(=O)OC[C@H](OC(C)=O)[C@]1(O)CC[C@@H]2[C@@H]3CC[C@H]4C[C@H](OC(C)=O)CC[C@]4(C)[C@H]3CC[C@]21C. The smallest absolute Gasteiger partial charge is 0.303 e. The fourth-order valence-corrected chi connectivity index (χ4v) is 8.80. The molecule has 0 aromatic heterocycles. The minimum atomic E-state index is -1.21. The fourth-order valence-electron chi connectivity index (χ4n) is 8.80. The van der Waals surface area contributed by atoms with Crippen LogP contribution in [-0.2, 0) is 28.6 Å². The molecule has 192 valence electrons. The second kappa shape index (κ2) is 9.11. The Morgan fingerprint density at radius 3 is 2.24 bits per heavy atom. The molecule has 0 radical (unpaired) electrons. The molecule has 0 saturated heterocycles. The molecule has 7 heteroatoms. The first-order valence-corrected chi connectivity index (χ1v) is 13.1. The van der Waals surface area contributed by atoms with Gasteiger partial charge in [0.05, 0.1) is 0 Å². The average Bonchev–Trinajstić information content (AvgIpc) is 3.02. The zero-order valence-corrected chi connectivity index (χ0v) is 21.4. The Bertz CT molecular complexity index is 826. The van der Waals surface area contributed by atoms with Gasteiger partial charge < -0.3 is 19.3 Å². The molecule has 0 aromatic carbocycles. The van der Waals surface area contributed by atoms with Gasteiger partial charge in [-0.25, -0.2) is 0 Å². The van der Waals surface area contributed by atoms with E-state index < -0.39 is 29.1 Å². The van der Waals surface area contributed by atoms with Crippen LogP contribution in [0.4, 0.5) is 0 Å². The molecular formula is C27H42O7. The highest BCUT2D eigenvalue weighted by Gasteiger charge is 2.67. The summed E-state index contributed by atoms with van der Waals surface area (Å²) in [6.45, 7) is 8.66. The second-order valence-corrected chi connectivity index (χ2v) is 12.0. The Kier molecular flexibility index (Phi) is 6.82. The Morgan fingerprint density at radius 1 is 0.882 bits per heavy atom. The van der Waals surface area contributed by atoms with Crippen molar-refractivity contribution in [2.24, 2.45) is 34.5 Å². The van der Waals surface area contributed by atoms with Crippen LogP contribution in [0, 0.1) is 34.5 Å². The summed E-state index contributed by atoms with van der Waals surface area (Å²) >= 11 is 0. The molecule has 0 aromatic rings. The number of esters is 3. The third-order valence-corrected chi connectivity index (χ3v) is 10.4. The molecule has 0 unspecified atom stereocenters. The van der Waals surface area contributed by atoms with Crippen molar-refractivity contribution >= 4 is 17.9 Å². The summed E-state index contributed by atoms with van der Waals surface area (Å²) < 4.78 is 16.4. The van der Waals surface area contributed by atoms with Crippen molar-refractivity contribution in [1.29, 1.82) is 0 Å². The van der Waals surface area contributed by atoms with Crippen LogP contribution in [0.15, 0.2) is 0 Å². The normalized spacial score (nSPS) is 44.1. The highest BCUT2D eigenvalue weighted by molar-refractivity contribution is 5.67. The van der Waals surface area contributed by atoms with Crippen LogP contribution in [-0.4, -0.2) is 47.4 Å². The quantitative estimate of drug-likeness (QED) is 0.467. The Morgan fingerprint density at radius 2 is 1.59 bits per heavy atom. The first-order valence-electron chi connectivity index (χ1n) is 13.1. The molecular weight excluding hydrogens is 436 g/mol. The van der Waals surface area contributed by atoms with Gasteiger partial charge in [-0.1, -0.05) is 13.8 Å². The first kappa shape index (κ1) is 25.5. The van der Waals surface area contributed by atoms with Gasteiger partial charge >= 0.3 is 17.9 Å². The number of carbonyl (C=O) groups is 3. The average molecular weight is 479 g/mol. The number of fused-ring (bicyclic) bond motifs is 5. The van der Waals surface area contributed by atoms with E-state index in [2.05, 4.69) is 13.8 Å². The molecule has 4 rings (SSSR count). The number of hydrogen-bond donors (Lipinski definition) is 1. The van der Waals surface area contributed by atoms with Crippen LogP contribution < -0.4 is 0 Å². The molecule has 4 aliphatic rings. The van der Waals surface area contributed by atoms with E-state index in [9.17, 15) is 19.5 Å². The van der Waals surface area contributed by atoms with E-state index >= 15 is 0 Å². The van der Waals surface area contributed by atoms with Gasteiger partial charge in [-0.3, -0.25) is 14.4 Å². The number of carbonyl (C=O) groups excluding carboxylic acids is 3. The zero-order chi connectivity index (χ0) is 24.9. The van der Waals surface area contributed by atoms with Crippen molar-refractivity contribution in [1.82, 2.24) is 0 Å². The van der Waals surface area contributed by atoms with Gasteiger partial charge in [-0.15, -0.1) is 0 Å². The van der Waals surface area contributed by atoms with Gasteiger partial charge in [-0.2, -0.15) is 0 Å². The summed E-state index contributed by atoms with van der Waals surface area (Å²) in [5.74, 6) is 0.919. The highest BCUT2D eigenvalue weighted by atomic mass is 16.6. The summed E-state index contributed by atoms with van der Waals surface area (Å²) in [5.41, 5.74) is -1.38. The molecule has 4 saturated carbocycles. The highest BCUT2D eigenvalue weighted by Crippen LogP contribution is 2.69. The van der Waals surface area contributed by atoms with Gasteiger partial charge in [-0.05, 0) is 86.9 Å². The van der Waals surface area contributed by atoms with Gasteiger partial charge in [0.1, 0.15) is 18.3 Å². The van der Waals surface area contributed by atoms with Crippen molar-refractivity contribution < 1.29 is 33.7 Å². The molecule has 4 fully saturated rings. The predicted octanol–water partition coefficient (Wildman–Crippen LogP) is 4.19. The van der Waals surface area contributed by atoms with Crippen LogP contribution in [0.1, 0.15) is 92.4 Å². The lowest BCUT2D eigenvalue weighted by Gasteiger charge is -2.62. The van der Waals surface area contributed by atoms with Gasteiger partial charge in [0, 0.05) is 26.2 Å². The lowest BCUT2D eigenvalue weighted by atomic mass is 9.44. The van der Waals surface area contributed by atoms with Crippen LogP contribution in [0.5, 0.6) is 0 Å². The lowest BCUT2D eigenvalue weighted by Crippen LogP contribution is -2.61. The molecule has 0 amide bonds. The minimum absolute atomic E-state index is 0.0447. The molecule has 1 N–H and O–H groups in total. The second-order valence-electron chi connectivity index (χ2n) is 12.0. The van der Waals surface area contributed by atoms with Crippen molar-refractivity contribution in [2.45, 2.75) is 110 Å². The number of hydrogen-bond acceptors (Lipinski definition) is 7. The van der Waals surface area contributed by atoms with Crippen molar-refractivity contribution in [2.75, 3.05) is 6.61 Å². The van der Waals surface area contributed by atoms with Crippen LogP contribution in [0.25, 0.3) is 0 Å². The molecule has 0 bridgehead atoms. The first-order chi connectivity index (χ1) is 15.9. The third kappa shape index (κ3) is 4.16. The van der Waals surface area contributed by atoms with Crippen LogP contribution >= 0.6 is 0 Å². The number of rotatable bonds is 5. The molecule has 34 heavy (non-hydrogen) atoms. The van der Waals surface area contributed by atoms with E-state index in [4.69, 9.17) is 14.2 Å². The molecule has 0 aliphatic heterocycles. The third-order valence-electron chi connectivity index (χ3n) is 10.4. The summed E-state index contributed by atoms with van der Waals surface area (Å²) in [7, 11) is 0. The van der Waals surface area contributed by atoms with E-state index in [1.165, 1.54) is 20.8 Å². The van der Waals surface area contributed by atoms with E-state index in [1.54, 1.807) is 0 Å². The molecule has 0 spiro atoms. The largest absolute Gasteiger partial charge is 0.463 e. The monoisotopic (exact) mass is 478 g/mol. The standard InChI is InChI=1S/C27H42O7/c1-16(28)32-15-24(34-18(3)30)27(31)13-10-23-21-7-6-19-14-20(33-17(2)29)8-11-25(19,4)22(21)9-12-26(23,27)5/h19-24,31H,6-15H2,1-5H3/t19-,20+,21+,22-,23+,24-,25-,26+,27+/m0/s1. The summed E-state index contributed by atoms with van der Waals surface area (Å²) in [6.07, 6.45) is 7.74. The van der Waals surface area contributed by atoms with Crippen LogP contribution in [0.2, 0.25) is 0 Å². The predicted molar refractivity (Wildman–Crippen MR) is 124 cm³/mol. The fraction of sp³-hybridized carbons (Fsp3) is 0.889. The van der Waals surface area contributed by atoms with Gasteiger partial charge in [0.25, 0.3) is 0 Å². The van der Waals surface area contributed by atoms with E-state index in [0.717, 1.165) is 51.4 Å². The molecule has 9 atom stereocenters. The Balaban J connectivity index is 1.55. The van der Waals surface area contributed by atoms with Crippen molar-refractivity contribution in [3.63, 3.8) is 0 Å². The molecule has 4 aliphatic carbocycles. The number of ether oxygens (including phenoxy) is 3. The Hall–Kier alpha value is -1.63. The maximum Gasteiger partial charge on any atom is 0.303 e. The minimum Gasteiger partial charge on any atom is -0.463 e. The Labute approximate surface area is 203 Å². The maximum absolute atomic E-state index is 12.1. The van der Waals surface area contributed by atoms with Crippen LogP contribution in [0.3, 0.4) is 0 Å². The summed E-state index contributed by atoms with van der Waals surface area (Å²) in [4.78, 5) is 34.9. The van der Waals surface area contributed by atoms with Gasteiger partial charge in [0.15, 0.2) is 6.10 Å². The van der Waals surface area contributed by atoms with E-state index in [1.807, 2.05) is 0 Å². The summed E-state index contributed by atoms with van der Waals surface area (Å²) in [5, 5.41) is 12.1. The lowest BCUT2D eigenvalue weighted by molar-refractivity contribution is -0.213. The van der Waals surface area contributed by atoms with Gasteiger partial charge in [0.2, 0.25) is 0 Å². The topological polar surface area (TPSA) is 99.1 Å². The zero-order valence-electron chi connectivity index (χ0n) is 21.4. The van der Waals surface area contributed by atoms with E-state index in [0.29, 0.717) is 30.1 Å². The van der Waals surface area contributed by atoms with E-state index in [-0.39, 0.29) is 24.1 Å². The number of aliphatic hydroxyl groups is 1. The molecule has 7 nitrogen and oxygen atoms in total. The van der Waals surface area contributed by atoms with Crippen molar-refractivity contribution in [3.8, 4) is 0 Å². The maximum atomic E-state index is 12.1. The van der Waals surface area contributed by atoms with Crippen molar-refractivity contribution in [3.05, 3.63) is 0 Å². The molecule has 0 heterocycles.